The number of nitrogen functional groups attached to an aromatic ring is 1. The average molecular weight is 273 g/mol. The molecule has 18 heavy (non-hydrogen) atoms. The zero-order chi connectivity index (χ0) is 12.7. The predicted molar refractivity (Wildman–Crippen MR) is 75.9 cm³/mol. The van der Waals surface area contributed by atoms with Crippen molar-refractivity contribution in [2.24, 2.45) is 5.92 Å². The molecule has 0 saturated carbocycles. The third kappa shape index (κ3) is 5.38. The molecule has 0 fully saturated rings. The fourth-order valence-electron chi connectivity index (χ4n) is 1.65. The number of amides is 1. The second-order valence-corrected chi connectivity index (χ2v) is 4.12. The van der Waals surface area contributed by atoms with Gasteiger partial charge < -0.3 is 16.2 Å². The van der Waals surface area contributed by atoms with Crippen molar-refractivity contribution >= 4 is 24.0 Å². The van der Waals surface area contributed by atoms with Gasteiger partial charge in [-0.05, 0) is 30.5 Å². The highest BCUT2D eigenvalue weighted by Gasteiger charge is 2.09. The molecule has 0 aliphatic rings. The maximum atomic E-state index is 11.8. The number of benzene rings is 1. The van der Waals surface area contributed by atoms with Crippen LogP contribution in [0.2, 0.25) is 0 Å². The number of aliphatic hydroxyl groups excluding tert-OH is 1. The van der Waals surface area contributed by atoms with Crippen LogP contribution in [0, 0.1) is 5.92 Å². The summed E-state index contributed by atoms with van der Waals surface area (Å²) in [5.41, 5.74) is 6.77. The van der Waals surface area contributed by atoms with Gasteiger partial charge in [0.05, 0.1) is 0 Å². The first-order valence-corrected chi connectivity index (χ1v) is 5.92. The normalized spacial score (nSPS) is 11.4. The summed E-state index contributed by atoms with van der Waals surface area (Å²) in [4.78, 5) is 11.8. The Hall–Kier alpha value is -1.26. The molecule has 1 aromatic rings. The summed E-state index contributed by atoms with van der Waals surface area (Å²) in [5.74, 6) is 0.207. The molecule has 1 rings (SSSR count). The largest absolute Gasteiger partial charge is 0.399 e. The smallest absolute Gasteiger partial charge is 0.251 e. The Bertz CT molecular complexity index is 372. The van der Waals surface area contributed by atoms with Crippen LogP contribution in [-0.4, -0.2) is 24.2 Å². The van der Waals surface area contributed by atoms with E-state index in [0.717, 1.165) is 6.42 Å². The van der Waals surface area contributed by atoms with E-state index in [-0.39, 0.29) is 24.9 Å². The lowest BCUT2D eigenvalue weighted by molar-refractivity contribution is 0.0943. The van der Waals surface area contributed by atoms with E-state index in [0.29, 0.717) is 30.1 Å². The number of aliphatic hydroxyl groups is 1. The van der Waals surface area contributed by atoms with Gasteiger partial charge >= 0.3 is 0 Å². The fraction of sp³-hybridized carbons (Fsp3) is 0.462. The summed E-state index contributed by atoms with van der Waals surface area (Å²) in [7, 11) is 0. The van der Waals surface area contributed by atoms with Crippen molar-refractivity contribution in [3.8, 4) is 0 Å². The van der Waals surface area contributed by atoms with E-state index < -0.39 is 0 Å². The van der Waals surface area contributed by atoms with Gasteiger partial charge in [-0.1, -0.05) is 19.4 Å². The summed E-state index contributed by atoms with van der Waals surface area (Å²) in [5, 5.41) is 11.7. The van der Waals surface area contributed by atoms with Crippen LogP contribution in [0.25, 0.3) is 0 Å². The highest BCUT2D eigenvalue weighted by molar-refractivity contribution is 5.94. The first kappa shape index (κ1) is 16.7. The molecular formula is C13H21ClN2O2. The number of halogens is 1. The Labute approximate surface area is 114 Å². The molecule has 1 atom stereocenters. The minimum absolute atomic E-state index is 0. The van der Waals surface area contributed by atoms with Crippen LogP contribution in [0.5, 0.6) is 0 Å². The summed E-state index contributed by atoms with van der Waals surface area (Å²) in [6, 6.07) is 6.90. The SMILES string of the molecule is CCC(CCO)CNC(=O)c1cccc(N)c1.Cl. The highest BCUT2D eigenvalue weighted by atomic mass is 35.5. The maximum Gasteiger partial charge on any atom is 0.251 e. The molecule has 102 valence electrons. The molecule has 0 aliphatic heterocycles. The number of nitrogens with one attached hydrogen (secondary N) is 1. The molecule has 1 aromatic carbocycles. The van der Waals surface area contributed by atoms with Gasteiger partial charge in [0.1, 0.15) is 0 Å². The van der Waals surface area contributed by atoms with Crippen LogP contribution in [0.4, 0.5) is 5.69 Å². The molecule has 0 aliphatic carbocycles. The maximum absolute atomic E-state index is 11.8. The molecule has 0 bridgehead atoms. The standard InChI is InChI=1S/C13H20N2O2.ClH/c1-2-10(6-7-16)9-15-13(17)11-4-3-5-12(14)8-11;/h3-5,8,10,16H,2,6-7,9,14H2,1H3,(H,15,17);1H. The quantitative estimate of drug-likeness (QED) is 0.692. The highest BCUT2D eigenvalue weighted by Crippen LogP contribution is 2.08. The first-order chi connectivity index (χ1) is 8.17. The number of rotatable bonds is 6. The topological polar surface area (TPSA) is 75.3 Å². The Morgan fingerprint density at radius 2 is 2.22 bits per heavy atom. The van der Waals surface area contributed by atoms with E-state index in [9.17, 15) is 4.79 Å². The number of nitrogens with two attached hydrogens (primary N) is 1. The van der Waals surface area contributed by atoms with Crippen LogP contribution in [0.15, 0.2) is 24.3 Å². The molecule has 0 saturated heterocycles. The lowest BCUT2D eigenvalue weighted by Gasteiger charge is -2.14. The molecule has 0 heterocycles. The Kier molecular flexibility index (Phi) is 8.16. The second-order valence-electron chi connectivity index (χ2n) is 4.12. The van der Waals surface area contributed by atoms with Gasteiger partial charge in [-0.25, -0.2) is 0 Å². The summed E-state index contributed by atoms with van der Waals surface area (Å²) in [6.45, 7) is 2.80. The van der Waals surface area contributed by atoms with E-state index >= 15 is 0 Å². The molecule has 1 unspecified atom stereocenters. The summed E-state index contributed by atoms with van der Waals surface area (Å²) in [6.07, 6.45) is 1.66. The lowest BCUT2D eigenvalue weighted by Crippen LogP contribution is -2.29. The zero-order valence-corrected chi connectivity index (χ0v) is 11.4. The summed E-state index contributed by atoms with van der Waals surface area (Å²) >= 11 is 0. The van der Waals surface area contributed by atoms with Gasteiger partial charge in [0.25, 0.3) is 5.91 Å². The molecule has 0 spiro atoms. The van der Waals surface area contributed by atoms with Crippen molar-refractivity contribution in [3.05, 3.63) is 29.8 Å². The molecule has 1 amide bonds. The van der Waals surface area contributed by atoms with Crippen LogP contribution in [0.3, 0.4) is 0 Å². The Morgan fingerprint density at radius 1 is 1.50 bits per heavy atom. The van der Waals surface area contributed by atoms with E-state index in [2.05, 4.69) is 5.32 Å². The van der Waals surface area contributed by atoms with E-state index in [1.54, 1.807) is 24.3 Å². The van der Waals surface area contributed by atoms with Crippen LogP contribution < -0.4 is 11.1 Å². The van der Waals surface area contributed by atoms with Crippen molar-refractivity contribution in [1.82, 2.24) is 5.32 Å². The monoisotopic (exact) mass is 272 g/mol. The fourth-order valence-corrected chi connectivity index (χ4v) is 1.65. The third-order valence-electron chi connectivity index (χ3n) is 2.81. The number of hydrogen-bond acceptors (Lipinski definition) is 3. The van der Waals surface area contributed by atoms with Crippen LogP contribution >= 0.6 is 12.4 Å². The van der Waals surface area contributed by atoms with E-state index in [1.807, 2.05) is 6.92 Å². The van der Waals surface area contributed by atoms with Crippen molar-refractivity contribution < 1.29 is 9.90 Å². The molecule has 4 N–H and O–H groups in total. The number of carbonyl (C=O) groups excluding carboxylic acids is 1. The van der Waals surface area contributed by atoms with Gasteiger partial charge in [-0.3, -0.25) is 4.79 Å². The third-order valence-corrected chi connectivity index (χ3v) is 2.81. The lowest BCUT2D eigenvalue weighted by atomic mass is 10.0. The van der Waals surface area contributed by atoms with Crippen LogP contribution in [0.1, 0.15) is 30.1 Å². The predicted octanol–water partition coefficient (Wildman–Crippen LogP) is 1.83. The molecule has 4 nitrogen and oxygen atoms in total. The summed E-state index contributed by atoms with van der Waals surface area (Å²) < 4.78 is 0. The van der Waals surface area contributed by atoms with Gasteiger partial charge in [-0.2, -0.15) is 0 Å². The minimum atomic E-state index is -0.117. The number of anilines is 1. The van der Waals surface area contributed by atoms with Crippen molar-refractivity contribution in [1.29, 1.82) is 0 Å². The van der Waals surface area contributed by atoms with E-state index in [1.165, 1.54) is 0 Å². The van der Waals surface area contributed by atoms with Crippen LogP contribution in [-0.2, 0) is 0 Å². The number of carbonyl (C=O) groups is 1. The molecule has 0 radical (unpaired) electrons. The van der Waals surface area contributed by atoms with Gasteiger partial charge in [0.2, 0.25) is 0 Å². The molecular weight excluding hydrogens is 252 g/mol. The Balaban J connectivity index is 0.00000289. The van der Waals surface area contributed by atoms with Gasteiger partial charge in [-0.15, -0.1) is 12.4 Å². The number of hydrogen-bond donors (Lipinski definition) is 3. The molecule has 0 aromatic heterocycles. The Morgan fingerprint density at radius 3 is 2.78 bits per heavy atom. The molecule has 5 heteroatoms. The van der Waals surface area contributed by atoms with Gasteiger partial charge in [0.15, 0.2) is 0 Å². The minimum Gasteiger partial charge on any atom is -0.399 e. The second kappa shape index (κ2) is 8.78. The van der Waals surface area contributed by atoms with E-state index in [4.69, 9.17) is 10.8 Å². The van der Waals surface area contributed by atoms with Gasteiger partial charge in [0, 0.05) is 24.4 Å². The zero-order valence-electron chi connectivity index (χ0n) is 10.6. The van der Waals surface area contributed by atoms with Crippen molar-refractivity contribution in [3.63, 3.8) is 0 Å². The first-order valence-electron chi connectivity index (χ1n) is 5.92. The van der Waals surface area contributed by atoms with Crippen molar-refractivity contribution in [2.75, 3.05) is 18.9 Å². The van der Waals surface area contributed by atoms with Crippen molar-refractivity contribution in [2.45, 2.75) is 19.8 Å². The average Bonchev–Trinajstić information content (AvgIpc) is 2.34.